The predicted molar refractivity (Wildman–Crippen MR) is 77.9 cm³/mol. The van der Waals surface area contributed by atoms with Gasteiger partial charge in [0.25, 0.3) is 0 Å². The van der Waals surface area contributed by atoms with Crippen LogP contribution < -0.4 is 9.64 Å². The molecule has 0 amide bonds. The van der Waals surface area contributed by atoms with Crippen molar-refractivity contribution in [3.63, 3.8) is 0 Å². The van der Waals surface area contributed by atoms with Crippen molar-refractivity contribution in [1.82, 2.24) is 4.90 Å². The number of likely N-dealkylation sites (N-methyl/N-ethyl adjacent to an activating group) is 1. The number of ether oxygens (including phenoxy) is 1. The summed E-state index contributed by atoms with van der Waals surface area (Å²) in [6.07, 6.45) is 0.812. The van der Waals surface area contributed by atoms with Gasteiger partial charge in [0.1, 0.15) is 5.75 Å². The second kappa shape index (κ2) is 6.26. The van der Waals surface area contributed by atoms with Crippen LogP contribution in [0.3, 0.4) is 0 Å². The van der Waals surface area contributed by atoms with Crippen LogP contribution in [0.1, 0.15) is 13.3 Å². The molecule has 1 saturated heterocycles. The standard InChI is InChI=1S/C15H24N2O2/c1-12-10-17(11-13(8-9-18)16(12)2)14-6-4-5-7-15(14)19-3/h4-7,12-13,18H,8-11H2,1-3H3. The van der Waals surface area contributed by atoms with Crippen LogP contribution in [0.2, 0.25) is 0 Å². The van der Waals surface area contributed by atoms with Gasteiger partial charge in [-0.2, -0.15) is 0 Å². The molecule has 1 fully saturated rings. The van der Waals surface area contributed by atoms with Crippen LogP contribution in [-0.2, 0) is 0 Å². The molecule has 106 valence electrons. The molecule has 1 aliphatic heterocycles. The van der Waals surface area contributed by atoms with Gasteiger partial charge in [0, 0.05) is 31.8 Å². The molecule has 0 bridgehead atoms. The number of aliphatic hydroxyl groups is 1. The number of aliphatic hydroxyl groups excluding tert-OH is 1. The molecule has 1 N–H and O–H groups in total. The highest BCUT2D eigenvalue weighted by atomic mass is 16.5. The number of hydrogen-bond donors (Lipinski definition) is 1. The zero-order valence-corrected chi connectivity index (χ0v) is 12.0. The normalized spacial score (nSPS) is 24.5. The molecular weight excluding hydrogens is 240 g/mol. The molecule has 2 unspecified atom stereocenters. The first-order valence-corrected chi connectivity index (χ1v) is 6.88. The first-order valence-electron chi connectivity index (χ1n) is 6.88. The van der Waals surface area contributed by atoms with E-state index in [1.165, 1.54) is 0 Å². The molecule has 1 aliphatic rings. The van der Waals surface area contributed by atoms with Crippen LogP contribution in [-0.4, -0.2) is 55.9 Å². The van der Waals surface area contributed by atoms with Crippen LogP contribution in [0, 0.1) is 0 Å². The van der Waals surface area contributed by atoms with E-state index in [9.17, 15) is 5.11 Å². The molecule has 1 aromatic carbocycles. The molecular formula is C15H24N2O2. The molecule has 0 radical (unpaired) electrons. The maximum absolute atomic E-state index is 9.21. The van der Waals surface area contributed by atoms with E-state index in [0.717, 1.165) is 30.9 Å². The average Bonchev–Trinajstić information content (AvgIpc) is 2.43. The van der Waals surface area contributed by atoms with Crippen molar-refractivity contribution in [2.24, 2.45) is 0 Å². The minimum absolute atomic E-state index is 0.238. The van der Waals surface area contributed by atoms with Crippen LogP contribution in [0.4, 0.5) is 5.69 Å². The quantitative estimate of drug-likeness (QED) is 0.896. The van der Waals surface area contributed by atoms with E-state index in [4.69, 9.17) is 4.74 Å². The van der Waals surface area contributed by atoms with Crippen molar-refractivity contribution in [2.45, 2.75) is 25.4 Å². The molecule has 1 heterocycles. The van der Waals surface area contributed by atoms with E-state index in [0.29, 0.717) is 12.1 Å². The van der Waals surface area contributed by atoms with Crippen molar-refractivity contribution in [2.75, 3.05) is 38.8 Å². The summed E-state index contributed by atoms with van der Waals surface area (Å²) in [5.41, 5.74) is 1.15. The van der Waals surface area contributed by atoms with Gasteiger partial charge < -0.3 is 14.7 Å². The first-order chi connectivity index (χ1) is 9.17. The lowest BCUT2D eigenvalue weighted by Crippen LogP contribution is -2.56. The second-order valence-corrected chi connectivity index (χ2v) is 5.26. The Hall–Kier alpha value is -1.26. The molecule has 1 aromatic rings. The highest BCUT2D eigenvalue weighted by Gasteiger charge is 2.30. The average molecular weight is 264 g/mol. The fourth-order valence-electron chi connectivity index (χ4n) is 2.80. The Morgan fingerprint density at radius 2 is 2.05 bits per heavy atom. The number of hydrogen-bond acceptors (Lipinski definition) is 4. The van der Waals surface area contributed by atoms with Crippen molar-refractivity contribution < 1.29 is 9.84 Å². The van der Waals surface area contributed by atoms with Crippen LogP contribution in [0.15, 0.2) is 24.3 Å². The maximum Gasteiger partial charge on any atom is 0.142 e. The Morgan fingerprint density at radius 3 is 2.74 bits per heavy atom. The lowest BCUT2D eigenvalue weighted by Gasteiger charge is -2.45. The topological polar surface area (TPSA) is 35.9 Å². The van der Waals surface area contributed by atoms with Gasteiger partial charge >= 0.3 is 0 Å². The molecule has 19 heavy (non-hydrogen) atoms. The fraction of sp³-hybridized carbons (Fsp3) is 0.600. The van der Waals surface area contributed by atoms with Gasteiger partial charge in [0.05, 0.1) is 12.8 Å². The minimum atomic E-state index is 0.238. The van der Waals surface area contributed by atoms with Gasteiger partial charge in [0.2, 0.25) is 0 Å². The summed E-state index contributed by atoms with van der Waals surface area (Å²) >= 11 is 0. The summed E-state index contributed by atoms with van der Waals surface area (Å²) < 4.78 is 5.45. The van der Waals surface area contributed by atoms with E-state index in [-0.39, 0.29) is 6.61 Å². The highest BCUT2D eigenvalue weighted by Crippen LogP contribution is 2.30. The third-order valence-corrected chi connectivity index (χ3v) is 4.08. The number of para-hydroxylation sites is 2. The van der Waals surface area contributed by atoms with Gasteiger partial charge in [0.15, 0.2) is 0 Å². The summed E-state index contributed by atoms with van der Waals surface area (Å²) in [5.74, 6) is 0.919. The Balaban J connectivity index is 2.20. The number of nitrogens with zero attached hydrogens (tertiary/aromatic N) is 2. The number of anilines is 1. The predicted octanol–water partition coefficient (Wildman–Crippen LogP) is 1.59. The fourth-order valence-corrected chi connectivity index (χ4v) is 2.80. The van der Waals surface area contributed by atoms with Crippen LogP contribution in [0.5, 0.6) is 5.75 Å². The molecule has 2 rings (SSSR count). The summed E-state index contributed by atoms with van der Waals surface area (Å²) in [5, 5.41) is 9.21. The third kappa shape index (κ3) is 3.01. The SMILES string of the molecule is COc1ccccc1N1CC(C)N(C)C(CCO)C1. The molecule has 0 aliphatic carbocycles. The smallest absolute Gasteiger partial charge is 0.142 e. The molecule has 0 aromatic heterocycles. The molecule has 0 spiro atoms. The van der Waals surface area contributed by atoms with Crippen molar-refractivity contribution >= 4 is 5.69 Å². The Morgan fingerprint density at radius 1 is 1.32 bits per heavy atom. The lowest BCUT2D eigenvalue weighted by atomic mass is 10.0. The summed E-state index contributed by atoms with van der Waals surface area (Å²) in [6.45, 7) is 4.38. The van der Waals surface area contributed by atoms with Gasteiger partial charge in [-0.1, -0.05) is 12.1 Å². The zero-order chi connectivity index (χ0) is 13.8. The molecule has 4 nitrogen and oxygen atoms in total. The van der Waals surface area contributed by atoms with E-state index in [1.807, 2.05) is 18.2 Å². The van der Waals surface area contributed by atoms with Gasteiger partial charge in [-0.05, 0) is 32.5 Å². The molecule has 4 heteroatoms. The monoisotopic (exact) mass is 264 g/mol. The van der Waals surface area contributed by atoms with E-state index < -0.39 is 0 Å². The Kier molecular flexibility index (Phi) is 4.66. The minimum Gasteiger partial charge on any atom is -0.495 e. The van der Waals surface area contributed by atoms with Crippen molar-refractivity contribution in [3.8, 4) is 5.75 Å². The number of benzene rings is 1. The van der Waals surface area contributed by atoms with E-state index >= 15 is 0 Å². The number of rotatable bonds is 4. The second-order valence-electron chi connectivity index (χ2n) is 5.26. The zero-order valence-electron chi connectivity index (χ0n) is 12.0. The first kappa shape index (κ1) is 14.2. The summed E-state index contributed by atoms with van der Waals surface area (Å²) in [4.78, 5) is 4.73. The summed E-state index contributed by atoms with van der Waals surface area (Å²) in [7, 11) is 3.86. The lowest BCUT2D eigenvalue weighted by molar-refractivity contribution is 0.128. The Labute approximate surface area is 115 Å². The van der Waals surface area contributed by atoms with Crippen LogP contribution >= 0.6 is 0 Å². The number of piperazine rings is 1. The Bertz CT molecular complexity index is 411. The number of methoxy groups -OCH3 is 1. The van der Waals surface area contributed by atoms with E-state index in [2.05, 4.69) is 29.8 Å². The molecule has 2 atom stereocenters. The van der Waals surface area contributed by atoms with Crippen LogP contribution in [0.25, 0.3) is 0 Å². The van der Waals surface area contributed by atoms with Gasteiger partial charge in [-0.3, -0.25) is 4.90 Å². The van der Waals surface area contributed by atoms with Gasteiger partial charge in [-0.25, -0.2) is 0 Å². The molecule has 0 saturated carbocycles. The van der Waals surface area contributed by atoms with E-state index in [1.54, 1.807) is 7.11 Å². The maximum atomic E-state index is 9.21. The highest BCUT2D eigenvalue weighted by molar-refractivity contribution is 5.59. The largest absolute Gasteiger partial charge is 0.495 e. The third-order valence-electron chi connectivity index (χ3n) is 4.08. The van der Waals surface area contributed by atoms with Crippen molar-refractivity contribution in [1.29, 1.82) is 0 Å². The van der Waals surface area contributed by atoms with Crippen molar-refractivity contribution in [3.05, 3.63) is 24.3 Å². The van der Waals surface area contributed by atoms with Gasteiger partial charge in [-0.15, -0.1) is 0 Å². The summed E-state index contributed by atoms with van der Waals surface area (Å²) in [6, 6.07) is 9.00.